The van der Waals surface area contributed by atoms with Gasteiger partial charge in [0.15, 0.2) is 0 Å². The van der Waals surface area contributed by atoms with Crippen LogP contribution in [0.5, 0.6) is 5.75 Å². The predicted molar refractivity (Wildman–Crippen MR) is 129 cm³/mol. The van der Waals surface area contributed by atoms with E-state index >= 15 is 0 Å². The Morgan fingerprint density at radius 2 is 1.74 bits per heavy atom. The second-order valence-corrected chi connectivity index (χ2v) is 9.22. The van der Waals surface area contributed by atoms with Gasteiger partial charge in [0.2, 0.25) is 0 Å². The molecule has 2 aromatic carbocycles. The van der Waals surface area contributed by atoms with E-state index in [2.05, 4.69) is 59.7 Å². The molecule has 0 bridgehead atoms. The van der Waals surface area contributed by atoms with Gasteiger partial charge < -0.3 is 20.1 Å². The molecule has 31 heavy (non-hydrogen) atoms. The second kappa shape index (κ2) is 10.8. The number of nitrogens with zero attached hydrogens (tertiary/aromatic N) is 1. The maximum absolute atomic E-state index is 6.63. The van der Waals surface area contributed by atoms with Crippen molar-refractivity contribution in [1.29, 1.82) is 0 Å². The monoisotopic (exact) mass is 436 g/mol. The van der Waals surface area contributed by atoms with Gasteiger partial charge in [-0.15, -0.1) is 11.3 Å². The number of hydrogen-bond donors (Lipinski definition) is 1. The van der Waals surface area contributed by atoms with Crippen molar-refractivity contribution in [3.8, 4) is 5.75 Å². The van der Waals surface area contributed by atoms with Crippen molar-refractivity contribution in [2.75, 3.05) is 25.4 Å². The predicted octanol–water partition coefficient (Wildman–Crippen LogP) is 5.76. The van der Waals surface area contributed by atoms with Gasteiger partial charge in [-0.3, -0.25) is 0 Å². The lowest BCUT2D eigenvalue weighted by atomic mass is 10.0. The lowest BCUT2D eigenvalue weighted by Gasteiger charge is -2.34. The van der Waals surface area contributed by atoms with Crippen molar-refractivity contribution in [1.82, 2.24) is 4.90 Å². The molecular weight excluding hydrogens is 404 g/mol. The van der Waals surface area contributed by atoms with Crippen LogP contribution in [0.1, 0.15) is 42.7 Å². The Hall–Kier alpha value is -2.34. The van der Waals surface area contributed by atoms with E-state index in [1.54, 1.807) is 11.3 Å². The highest BCUT2D eigenvalue weighted by Crippen LogP contribution is 2.32. The summed E-state index contributed by atoms with van der Waals surface area (Å²) >= 11 is 1.77. The molecule has 0 aliphatic carbocycles. The summed E-state index contributed by atoms with van der Waals surface area (Å²) in [4.78, 5) is 3.80. The first kappa shape index (κ1) is 21.9. The number of likely N-dealkylation sites (tertiary alicyclic amines) is 1. The standard InChI is InChI=1S/C26H32N2O2S/c1-20(29-24-11-6-5-10-23(24)27)13-16-28-17-14-22(15-18-28)30-26(25-12-7-19-31-25)21-8-3-2-4-9-21/h2-12,19-20,22,26H,13-18,27H2,1H3. The summed E-state index contributed by atoms with van der Waals surface area (Å²) in [6, 6.07) is 22.6. The number of hydrogen-bond acceptors (Lipinski definition) is 5. The number of piperidine rings is 1. The summed E-state index contributed by atoms with van der Waals surface area (Å²) < 4.78 is 12.7. The summed E-state index contributed by atoms with van der Waals surface area (Å²) in [5.41, 5.74) is 7.93. The zero-order chi connectivity index (χ0) is 21.5. The maximum atomic E-state index is 6.63. The lowest BCUT2D eigenvalue weighted by Crippen LogP contribution is -2.39. The summed E-state index contributed by atoms with van der Waals surface area (Å²) in [5, 5.41) is 2.13. The zero-order valence-electron chi connectivity index (χ0n) is 18.2. The van der Waals surface area contributed by atoms with E-state index in [4.69, 9.17) is 15.2 Å². The van der Waals surface area contributed by atoms with Crippen LogP contribution in [0.3, 0.4) is 0 Å². The molecule has 1 aliphatic rings. The summed E-state index contributed by atoms with van der Waals surface area (Å²) in [6.07, 6.45) is 3.58. The van der Waals surface area contributed by atoms with Crippen LogP contribution >= 0.6 is 11.3 Å². The van der Waals surface area contributed by atoms with E-state index in [1.165, 1.54) is 10.4 Å². The highest BCUT2D eigenvalue weighted by atomic mass is 32.1. The fourth-order valence-electron chi connectivity index (χ4n) is 4.07. The first-order chi connectivity index (χ1) is 15.2. The van der Waals surface area contributed by atoms with Crippen molar-refractivity contribution in [2.24, 2.45) is 0 Å². The molecule has 0 spiro atoms. The fourth-order valence-corrected chi connectivity index (χ4v) is 4.85. The van der Waals surface area contributed by atoms with E-state index in [0.717, 1.165) is 44.6 Å². The van der Waals surface area contributed by atoms with Crippen LogP contribution in [0, 0.1) is 0 Å². The lowest BCUT2D eigenvalue weighted by molar-refractivity contribution is -0.0266. The number of rotatable bonds is 9. The number of benzene rings is 2. The highest BCUT2D eigenvalue weighted by Gasteiger charge is 2.25. The van der Waals surface area contributed by atoms with Gasteiger partial charge in [0, 0.05) is 24.5 Å². The number of nitrogen functional groups attached to an aromatic ring is 1. The van der Waals surface area contributed by atoms with Crippen LogP contribution in [0.15, 0.2) is 72.1 Å². The molecule has 164 valence electrons. The normalized spacial score (nSPS) is 17.3. The molecule has 4 rings (SSSR count). The van der Waals surface area contributed by atoms with Gasteiger partial charge in [-0.05, 0) is 55.3 Å². The summed E-state index contributed by atoms with van der Waals surface area (Å²) in [6.45, 7) is 5.29. The van der Waals surface area contributed by atoms with Gasteiger partial charge in [-0.2, -0.15) is 0 Å². The Balaban J connectivity index is 1.25. The van der Waals surface area contributed by atoms with Crippen molar-refractivity contribution in [3.05, 3.63) is 82.6 Å². The minimum atomic E-state index is 0.0301. The van der Waals surface area contributed by atoms with Crippen LogP contribution in [-0.4, -0.2) is 36.7 Å². The Morgan fingerprint density at radius 3 is 2.45 bits per heavy atom. The third-order valence-electron chi connectivity index (χ3n) is 5.87. The number of thiophene rings is 1. The molecule has 5 heteroatoms. The van der Waals surface area contributed by atoms with Crippen molar-refractivity contribution >= 4 is 17.0 Å². The molecule has 2 atom stereocenters. The zero-order valence-corrected chi connectivity index (χ0v) is 19.0. The maximum Gasteiger partial charge on any atom is 0.142 e. The Labute approximate surface area is 189 Å². The van der Waals surface area contributed by atoms with Gasteiger partial charge in [0.05, 0.1) is 17.9 Å². The van der Waals surface area contributed by atoms with Crippen LogP contribution < -0.4 is 10.5 Å². The fraction of sp³-hybridized carbons (Fsp3) is 0.385. The smallest absolute Gasteiger partial charge is 0.142 e. The minimum absolute atomic E-state index is 0.0301. The molecule has 0 radical (unpaired) electrons. The quantitative estimate of drug-likeness (QED) is 0.433. The number of para-hydroxylation sites is 2. The Kier molecular flexibility index (Phi) is 7.62. The molecule has 2 N–H and O–H groups in total. The molecule has 2 unspecified atom stereocenters. The molecule has 1 fully saturated rings. The van der Waals surface area contributed by atoms with E-state index in [-0.39, 0.29) is 12.2 Å². The van der Waals surface area contributed by atoms with Gasteiger partial charge in [-0.25, -0.2) is 0 Å². The first-order valence-electron chi connectivity index (χ1n) is 11.2. The van der Waals surface area contributed by atoms with E-state index in [1.807, 2.05) is 24.3 Å². The van der Waals surface area contributed by atoms with E-state index in [0.29, 0.717) is 11.8 Å². The Morgan fingerprint density at radius 1 is 1.00 bits per heavy atom. The largest absolute Gasteiger partial charge is 0.489 e. The van der Waals surface area contributed by atoms with Crippen molar-refractivity contribution in [2.45, 2.75) is 44.5 Å². The first-order valence-corrected chi connectivity index (χ1v) is 12.0. The molecule has 4 nitrogen and oxygen atoms in total. The number of anilines is 1. The highest BCUT2D eigenvalue weighted by molar-refractivity contribution is 7.10. The molecular formula is C26H32N2O2S. The van der Waals surface area contributed by atoms with Gasteiger partial charge in [0.25, 0.3) is 0 Å². The van der Waals surface area contributed by atoms with Crippen LogP contribution in [0.4, 0.5) is 5.69 Å². The van der Waals surface area contributed by atoms with E-state index < -0.39 is 0 Å². The number of ether oxygens (including phenoxy) is 2. The minimum Gasteiger partial charge on any atom is -0.489 e. The number of nitrogens with two attached hydrogens (primary N) is 1. The third kappa shape index (κ3) is 6.10. The average Bonchev–Trinajstić information content (AvgIpc) is 3.34. The van der Waals surface area contributed by atoms with Crippen molar-refractivity contribution in [3.63, 3.8) is 0 Å². The van der Waals surface area contributed by atoms with Crippen LogP contribution in [0.2, 0.25) is 0 Å². The summed E-state index contributed by atoms with van der Waals surface area (Å²) in [5.74, 6) is 0.780. The molecule has 3 aromatic rings. The van der Waals surface area contributed by atoms with Gasteiger partial charge in [-0.1, -0.05) is 48.5 Å². The molecule has 1 saturated heterocycles. The molecule has 1 aliphatic heterocycles. The second-order valence-electron chi connectivity index (χ2n) is 8.24. The van der Waals surface area contributed by atoms with E-state index in [9.17, 15) is 0 Å². The van der Waals surface area contributed by atoms with Crippen LogP contribution in [-0.2, 0) is 4.74 Å². The molecule has 2 heterocycles. The molecule has 0 amide bonds. The van der Waals surface area contributed by atoms with Crippen LogP contribution in [0.25, 0.3) is 0 Å². The summed E-state index contributed by atoms with van der Waals surface area (Å²) in [7, 11) is 0. The van der Waals surface area contributed by atoms with Crippen molar-refractivity contribution < 1.29 is 9.47 Å². The Bertz CT molecular complexity index is 908. The SMILES string of the molecule is CC(CCN1CCC(OC(c2ccccc2)c2cccs2)CC1)Oc1ccccc1N. The average molecular weight is 437 g/mol. The topological polar surface area (TPSA) is 47.7 Å². The third-order valence-corrected chi connectivity index (χ3v) is 6.78. The molecule has 0 saturated carbocycles. The molecule has 1 aromatic heterocycles. The van der Waals surface area contributed by atoms with Gasteiger partial charge >= 0.3 is 0 Å². The van der Waals surface area contributed by atoms with Gasteiger partial charge in [0.1, 0.15) is 11.9 Å².